The van der Waals surface area contributed by atoms with Gasteiger partial charge in [-0.15, -0.1) is 0 Å². The lowest BCUT2D eigenvalue weighted by Gasteiger charge is -2.02. The standard InChI is InChI=1S/C9H7ClIN3O3/c1-17-5(15)3-14-2-4(11)6-7(14)12-9(10)13-8(6)16/h2H,3H2,1H3,(H,12,13,16). The monoisotopic (exact) mass is 367 g/mol. The molecule has 0 fully saturated rings. The van der Waals surface area contributed by atoms with E-state index in [1.165, 1.54) is 11.7 Å². The Labute approximate surface area is 114 Å². The highest BCUT2D eigenvalue weighted by molar-refractivity contribution is 14.1. The lowest BCUT2D eigenvalue weighted by Crippen LogP contribution is -2.13. The molecule has 2 heterocycles. The number of fused-ring (bicyclic) bond motifs is 1. The second-order valence-corrected chi connectivity index (χ2v) is 4.76. The Morgan fingerprint density at radius 3 is 3.06 bits per heavy atom. The Hall–Kier alpha value is -1.09. The van der Waals surface area contributed by atoms with Crippen LogP contribution in [0.15, 0.2) is 11.0 Å². The Bertz CT molecular complexity index is 649. The largest absolute Gasteiger partial charge is 0.468 e. The average Bonchev–Trinajstić information content (AvgIpc) is 2.55. The number of hydrogen-bond acceptors (Lipinski definition) is 4. The van der Waals surface area contributed by atoms with Crippen LogP contribution >= 0.6 is 34.2 Å². The number of hydrogen-bond donors (Lipinski definition) is 1. The van der Waals surface area contributed by atoms with E-state index in [2.05, 4.69) is 14.7 Å². The van der Waals surface area contributed by atoms with Gasteiger partial charge in [-0.3, -0.25) is 14.6 Å². The Balaban J connectivity index is 2.66. The third-order valence-electron chi connectivity index (χ3n) is 2.18. The number of nitrogens with one attached hydrogen (secondary N) is 1. The van der Waals surface area contributed by atoms with Crippen molar-refractivity contribution < 1.29 is 9.53 Å². The maximum Gasteiger partial charge on any atom is 0.325 e. The summed E-state index contributed by atoms with van der Waals surface area (Å²) < 4.78 is 6.80. The highest BCUT2D eigenvalue weighted by Crippen LogP contribution is 2.18. The number of rotatable bonds is 2. The molecule has 0 aliphatic rings. The molecule has 2 aromatic heterocycles. The van der Waals surface area contributed by atoms with Gasteiger partial charge >= 0.3 is 5.97 Å². The number of esters is 1. The van der Waals surface area contributed by atoms with Gasteiger partial charge in [0.05, 0.1) is 12.5 Å². The summed E-state index contributed by atoms with van der Waals surface area (Å²) in [6.07, 6.45) is 1.65. The van der Waals surface area contributed by atoms with Crippen molar-refractivity contribution in [3.8, 4) is 0 Å². The minimum Gasteiger partial charge on any atom is -0.468 e. The van der Waals surface area contributed by atoms with E-state index in [9.17, 15) is 9.59 Å². The fraction of sp³-hybridized carbons (Fsp3) is 0.222. The van der Waals surface area contributed by atoms with Gasteiger partial charge in [-0.1, -0.05) is 0 Å². The highest BCUT2D eigenvalue weighted by Gasteiger charge is 2.14. The topological polar surface area (TPSA) is 77.0 Å². The van der Waals surface area contributed by atoms with Gasteiger partial charge in [0.1, 0.15) is 6.54 Å². The number of aromatic nitrogens is 3. The van der Waals surface area contributed by atoms with Crippen molar-refractivity contribution in [1.82, 2.24) is 14.5 Å². The zero-order valence-corrected chi connectivity index (χ0v) is 11.6. The second kappa shape index (κ2) is 4.65. The van der Waals surface area contributed by atoms with E-state index < -0.39 is 5.97 Å². The summed E-state index contributed by atoms with van der Waals surface area (Å²) in [4.78, 5) is 29.3. The van der Waals surface area contributed by atoms with Crippen LogP contribution in [0.2, 0.25) is 5.28 Å². The number of carbonyl (C=O) groups is 1. The molecule has 2 rings (SSSR count). The van der Waals surface area contributed by atoms with Crippen LogP contribution in [0.4, 0.5) is 0 Å². The molecule has 1 N–H and O–H groups in total. The maximum absolute atomic E-state index is 11.7. The molecule has 0 saturated heterocycles. The van der Waals surface area contributed by atoms with Crippen molar-refractivity contribution in [2.24, 2.45) is 0 Å². The first-order chi connectivity index (χ1) is 8.02. The van der Waals surface area contributed by atoms with Gasteiger partial charge in [0.2, 0.25) is 5.28 Å². The average molecular weight is 368 g/mol. The zero-order chi connectivity index (χ0) is 12.6. The molecule has 17 heavy (non-hydrogen) atoms. The number of ether oxygens (including phenoxy) is 1. The summed E-state index contributed by atoms with van der Waals surface area (Å²) in [5.74, 6) is -0.420. The van der Waals surface area contributed by atoms with Crippen molar-refractivity contribution in [3.05, 3.63) is 25.4 Å². The summed E-state index contributed by atoms with van der Waals surface area (Å²) in [5.41, 5.74) is 0.0431. The molecule has 0 bridgehead atoms. The molecule has 0 radical (unpaired) electrons. The number of halogens is 2. The van der Waals surface area contributed by atoms with Crippen LogP contribution in [0.1, 0.15) is 0 Å². The van der Waals surface area contributed by atoms with Gasteiger partial charge in [0.25, 0.3) is 5.56 Å². The van der Waals surface area contributed by atoms with Crippen LogP contribution in [0.3, 0.4) is 0 Å². The number of methoxy groups -OCH3 is 1. The van der Waals surface area contributed by atoms with E-state index in [-0.39, 0.29) is 17.4 Å². The Kier molecular flexibility index (Phi) is 3.38. The predicted octanol–water partition coefficient (Wildman–Crippen LogP) is 1.16. The van der Waals surface area contributed by atoms with Crippen LogP contribution in [0, 0.1) is 3.57 Å². The van der Waals surface area contributed by atoms with Crippen molar-refractivity contribution in [3.63, 3.8) is 0 Å². The summed E-state index contributed by atoms with van der Waals surface area (Å²) in [6, 6.07) is 0. The zero-order valence-electron chi connectivity index (χ0n) is 8.66. The molecule has 0 spiro atoms. The number of nitrogens with zero attached hydrogens (tertiary/aromatic N) is 2. The van der Waals surface area contributed by atoms with E-state index in [0.29, 0.717) is 14.6 Å². The molecule has 0 saturated carbocycles. The van der Waals surface area contributed by atoms with Crippen molar-refractivity contribution in [2.45, 2.75) is 6.54 Å². The summed E-state index contributed by atoms with van der Waals surface area (Å²) >= 11 is 7.68. The van der Waals surface area contributed by atoms with Gasteiger partial charge in [0, 0.05) is 9.77 Å². The van der Waals surface area contributed by atoms with Gasteiger partial charge < -0.3 is 9.30 Å². The third-order valence-corrected chi connectivity index (χ3v) is 3.18. The molecule has 0 amide bonds. The second-order valence-electron chi connectivity index (χ2n) is 3.24. The lowest BCUT2D eigenvalue weighted by atomic mass is 10.4. The molecular formula is C9H7ClIN3O3. The normalized spacial score (nSPS) is 10.8. The van der Waals surface area contributed by atoms with E-state index >= 15 is 0 Å². The predicted molar refractivity (Wildman–Crippen MR) is 70.1 cm³/mol. The highest BCUT2D eigenvalue weighted by atomic mass is 127. The quantitative estimate of drug-likeness (QED) is 0.491. The fourth-order valence-electron chi connectivity index (χ4n) is 1.44. The summed E-state index contributed by atoms with van der Waals surface area (Å²) in [6.45, 7) is -0.0111. The molecule has 0 unspecified atom stereocenters. The van der Waals surface area contributed by atoms with Crippen molar-refractivity contribution >= 4 is 51.2 Å². The van der Waals surface area contributed by atoms with Crippen LogP contribution in [0.5, 0.6) is 0 Å². The van der Waals surface area contributed by atoms with E-state index in [4.69, 9.17) is 11.6 Å². The van der Waals surface area contributed by atoms with E-state index in [0.717, 1.165) is 0 Å². The van der Waals surface area contributed by atoms with Crippen LogP contribution < -0.4 is 5.56 Å². The van der Waals surface area contributed by atoms with Gasteiger partial charge in [0.15, 0.2) is 5.65 Å². The smallest absolute Gasteiger partial charge is 0.325 e. The SMILES string of the molecule is COC(=O)Cn1cc(I)c2c(=O)[nH]c(Cl)nc21. The first kappa shape index (κ1) is 12.4. The minimum atomic E-state index is -0.420. The molecule has 8 heteroatoms. The van der Waals surface area contributed by atoms with Crippen molar-refractivity contribution in [1.29, 1.82) is 0 Å². The molecular weight excluding hydrogens is 360 g/mol. The summed E-state index contributed by atoms with van der Waals surface area (Å²) in [5, 5.41) is 0.405. The van der Waals surface area contributed by atoms with Gasteiger partial charge in [-0.05, 0) is 34.2 Å². The maximum atomic E-state index is 11.7. The molecule has 0 aromatic carbocycles. The van der Waals surface area contributed by atoms with Crippen LogP contribution in [0.25, 0.3) is 11.0 Å². The summed E-state index contributed by atoms with van der Waals surface area (Å²) in [7, 11) is 1.30. The number of carbonyl (C=O) groups excluding carboxylic acids is 1. The number of H-pyrrole nitrogens is 1. The van der Waals surface area contributed by atoms with Gasteiger partial charge in [-0.25, -0.2) is 4.98 Å². The Morgan fingerprint density at radius 1 is 1.71 bits per heavy atom. The van der Waals surface area contributed by atoms with Crippen LogP contribution in [-0.2, 0) is 16.1 Å². The number of aromatic amines is 1. The minimum absolute atomic E-state index is 0.0110. The van der Waals surface area contributed by atoms with E-state index in [1.54, 1.807) is 6.20 Å². The molecule has 2 aromatic rings. The van der Waals surface area contributed by atoms with Crippen LogP contribution in [-0.4, -0.2) is 27.6 Å². The molecule has 0 aliphatic heterocycles. The Morgan fingerprint density at radius 2 is 2.41 bits per heavy atom. The van der Waals surface area contributed by atoms with Crippen molar-refractivity contribution in [2.75, 3.05) is 7.11 Å². The fourth-order valence-corrected chi connectivity index (χ4v) is 2.43. The first-order valence-corrected chi connectivity index (χ1v) is 5.99. The van der Waals surface area contributed by atoms with Gasteiger partial charge in [-0.2, -0.15) is 0 Å². The molecule has 0 aliphatic carbocycles. The molecule has 0 atom stereocenters. The third kappa shape index (κ3) is 2.29. The lowest BCUT2D eigenvalue weighted by molar-refractivity contribution is -0.141. The first-order valence-electron chi connectivity index (χ1n) is 4.54. The van der Waals surface area contributed by atoms with E-state index in [1.807, 2.05) is 22.6 Å². The molecule has 90 valence electrons. The molecule has 6 nitrogen and oxygen atoms in total.